The molecule has 1 fully saturated rings. The number of benzene rings is 2. The summed E-state index contributed by atoms with van der Waals surface area (Å²) < 4.78 is 0. The maximum Gasteiger partial charge on any atom is 0.261 e. The second-order valence-corrected chi connectivity index (χ2v) is 7.97. The maximum atomic E-state index is 13.5. The molecule has 2 aromatic rings. The molecule has 7 nitrogen and oxygen atoms in total. The minimum atomic E-state index is -2.02. The normalized spacial score (nSPS) is 33.1. The van der Waals surface area contributed by atoms with Gasteiger partial charge in [0.1, 0.15) is 5.78 Å². The number of ketones is 1. The van der Waals surface area contributed by atoms with Gasteiger partial charge in [0.2, 0.25) is 0 Å². The van der Waals surface area contributed by atoms with E-state index in [1.54, 1.807) is 48.5 Å². The van der Waals surface area contributed by atoms with Gasteiger partial charge in [0.25, 0.3) is 11.8 Å². The molecular formula is C22H20N2O5. The number of carbonyl (C=O) groups is 3. The van der Waals surface area contributed by atoms with E-state index in [0.717, 1.165) is 0 Å². The van der Waals surface area contributed by atoms with Gasteiger partial charge in [-0.15, -0.1) is 0 Å². The number of anilines is 2. The lowest BCUT2D eigenvalue weighted by atomic mass is 9.64. The fraction of sp³-hybridized carbons (Fsp3) is 0.318. The van der Waals surface area contributed by atoms with Crippen LogP contribution in [0.5, 0.6) is 0 Å². The van der Waals surface area contributed by atoms with Crippen molar-refractivity contribution in [3.8, 4) is 0 Å². The summed E-state index contributed by atoms with van der Waals surface area (Å²) >= 11 is 0. The molecule has 0 spiro atoms. The van der Waals surface area contributed by atoms with E-state index in [-0.39, 0.29) is 0 Å². The van der Waals surface area contributed by atoms with Crippen LogP contribution in [0.2, 0.25) is 0 Å². The molecule has 0 radical (unpaired) electrons. The Morgan fingerprint density at radius 1 is 0.724 bits per heavy atom. The van der Waals surface area contributed by atoms with Crippen molar-refractivity contribution < 1.29 is 24.6 Å². The molecule has 4 atom stereocenters. The smallest absolute Gasteiger partial charge is 0.261 e. The van der Waals surface area contributed by atoms with Gasteiger partial charge in [-0.2, -0.15) is 0 Å². The zero-order valence-corrected chi connectivity index (χ0v) is 15.5. The van der Waals surface area contributed by atoms with Gasteiger partial charge in [-0.3, -0.25) is 14.4 Å². The summed E-state index contributed by atoms with van der Waals surface area (Å²) in [5.74, 6) is -3.87. The molecule has 2 aromatic carbocycles. The first-order valence-electron chi connectivity index (χ1n) is 9.69. The highest BCUT2D eigenvalue weighted by molar-refractivity contribution is 6.11. The Hall–Kier alpha value is -3.03. The maximum absolute atomic E-state index is 13.5. The van der Waals surface area contributed by atoms with Crippen molar-refractivity contribution in [2.24, 2.45) is 11.8 Å². The van der Waals surface area contributed by atoms with Gasteiger partial charge in [0.15, 0.2) is 11.2 Å². The Morgan fingerprint density at radius 2 is 1.14 bits per heavy atom. The number of amides is 2. The van der Waals surface area contributed by atoms with Crippen LogP contribution in [0.3, 0.4) is 0 Å². The molecule has 1 aliphatic carbocycles. The molecule has 29 heavy (non-hydrogen) atoms. The Balaban J connectivity index is 1.58. The fourth-order valence-corrected chi connectivity index (χ4v) is 5.10. The van der Waals surface area contributed by atoms with Crippen LogP contribution in [0.4, 0.5) is 11.4 Å². The van der Waals surface area contributed by atoms with Crippen LogP contribution < -0.4 is 10.6 Å². The van der Waals surface area contributed by atoms with E-state index >= 15 is 0 Å². The SMILES string of the molecule is O=C1[C@@H]([C@@]2(O)C(=O)Nc3ccccc32)CCC[C@@H]1[C@@]1(O)C(=O)Nc2ccccc21. The van der Waals surface area contributed by atoms with Gasteiger partial charge in [0.05, 0.1) is 11.8 Å². The summed E-state index contributed by atoms with van der Waals surface area (Å²) in [5.41, 5.74) is -2.39. The first-order chi connectivity index (χ1) is 13.9. The van der Waals surface area contributed by atoms with Gasteiger partial charge in [-0.1, -0.05) is 42.8 Å². The van der Waals surface area contributed by atoms with Crippen LogP contribution in [-0.4, -0.2) is 27.8 Å². The Labute approximate surface area is 166 Å². The van der Waals surface area contributed by atoms with Crippen LogP contribution in [0.25, 0.3) is 0 Å². The van der Waals surface area contributed by atoms with E-state index < -0.39 is 40.6 Å². The van der Waals surface area contributed by atoms with Crippen molar-refractivity contribution in [2.75, 3.05) is 10.6 Å². The van der Waals surface area contributed by atoms with Crippen LogP contribution in [-0.2, 0) is 25.6 Å². The second kappa shape index (κ2) is 5.98. The van der Waals surface area contributed by atoms with Gasteiger partial charge < -0.3 is 20.8 Å². The molecule has 0 aromatic heterocycles. The zero-order valence-electron chi connectivity index (χ0n) is 15.5. The zero-order chi connectivity index (χ0) is 20.4. The highest BCUT2D eigenvalue weighted by Gasteiger charge is 2.61. The van der Waals surface area contributed by atoms with Crippen molar-refractivity contribution in [1.82, 2.24) is 0 Å². The summed E-state index contributed by atoms with van der Waals surface area (Å²) in [4.78, 5) is 39.0. The highest BCUT2D eigenvalue weighted by Crippen LogP contribution is 2.51. The van der Waals surface area contributed by atoms with E-state index in [0.29, 0.717) is 41.8 Å². The molecule has 0 unspecified atom stereocenters. The molecule has 5 rings (SSSR count). The van der Waals surface area contributed by atoms with E-state index in [1.807, 2.05) is 0 Å². The van der Waals surface area contributed by atoms with Crippen LogP contribution in [0.1, 0.15) is 30.4 Å². The number of rotatable bonds is 2. The lowest BCUT2D eigenvalue weighted by Crippen LogP contribution is -2.54. The molecule has 0 saturated heterocycles. The van der Waals surface area contributed by atoms with Crippen molar-refractivity contribution in [3.05, 3.63) is 59.7 Å². The first-order valence-corrected chi connectivity index (χ1v) is 9.69. The summed E-state index contributed by atoms with van der Waals surface area (Å²) in [6.45, 7) is 0. The lowest BCUT2D eigenvalue weighted by molar-refractivity contribution is -0.164. The Morgan fingerprint density at radius 3 is 1.59 bits per heavy atom. The topological polar surface area (TPSA) is 116 Å². The first kappa shape index (κ1) is 18.0. The van der Waals surface area contributed by atoms with Crippen LogP contribution >= 0.6 is 0 Å². The molecule has 3 aliphatic rings. The molecule has 1 saturated carbocycles. The molecule has 2 heterocycles. The number of fused-ring (bicyclic) bond motifs is 2. The summed E-state index contributed by atoms with van der Waals surface area (Å²) in [6, 6.07) is 13.4. The third kappa shape index (κ3) is 2.22. The Bertz CT molecular complexity index is 985. The number of aliphatic hydroxyl groups is 2. The standard InChI is InChI=1S/C22H20N2O5/c25-18-14(21(28)12-6-1-3-10-16(12)23-19(21)26)8-5-9-15(18)22(29)13-7-2-4-11-17(13)24-20(22)27/h1-4,6-7,10-11,14-15,28-29H,5,8-9H2,(H,23,26)(H,24,27)/t14-,15-,21+,22+/m0/s1. The van der Waals surface area contributed by atoms with Crippen molar-refractivity contribution in [1.29, 1.82) is 0 Å². The van der Waals surface area contributed by atoms with Crippen LogP contribution in [0, 0.1) is 11.8 Å². The van der Waals surface area contributed by atoms with Crippen molar-refractivity contribution >= 4 is 29.0 Å². The summed E-state index contributed by atoms with van der Waals surface area (Å²) in [6.07, 6.45) is 1.09. The monoisotopic (exact) mass is 392 g/mol. The molecular weight excluding hydrogens is 372 g/mol. The van der Waals surface area contributed by atoms with Gasteiger partial charge in [-0.25, -0.2) is 0 Å². The number of nitrogens with one attached hydrogen (secondary N) is 2. The second-order valence-electron chi connectivity index (χ2n) is 7.97. The van der Waals surface area contributed by atoms with E-state index in [2.05, 4.69) is 10.6 Å². The third-order valence-corrected chi connectivity index (χ3v) is 6.55. The average Bonchev–Trinajstić information content (AvgIpc) is 3.14. The van der Waals surface area contributed by atoms with Crippen molar-refractivity contribution in [3.63, 3.8) is 0 Å². The van der Waals surface area contributed by atoms with Gasteiger partial charge in [-0.05, 0) is 25.0 Å². The van der Waals surface area contributed by atoms with Gasteiger partial charge in [0, 0.05) is 22.5 Å². The average molecular weight is 392 g/mol. The Kier molecular flexibility index (Phi) is 3.72. The largest absolute Gasteiger partial charge is 0.375 e. The fourth-order valence-electron chi connectivity index (χ4n) is 5.10. The van der Waals surface area contributed by atoms with Gasteiger partial charge >= 0.3 is 0 Å². The number of hydrogen-bond acceptors (Lipinski definition) is 5. The summed E-state index contributed by atoms with van der Waals surface area (Å²) in [5, 5.41) is 28.1. The summed E-state index contributed by atoms with van der Waals surface area (Å²) in [7, 11) is 0. The third-order valence-electron chi connectivity index (χ3n) is 6.55. The molecule has 2 aliphatic heterocycles. The molecule has 2 amide bonds. The minimum Gasteiger partial charge on any atom is -0.375 e. The predicted octanol–water partition coefficient (Wildman–Crippen LogP) is 1.65. The minimum absolute atomic E-state index is 0.299. The lowest BCUT2D eigenvalue weighted by Gasteiger charge is -2.40. The van der Waals surface area contributed by atoms with Crippen LogP contribution in [0.15, 0.2) is 48.5 Å². The number of carbonyl (C=O) groups excluding carboxylic acids is 3. The quantitative estimate of drug-likeness (QED) is 0.620. The molecule has 7 heteroatoms. The molecule has 4 N–H and O–H groups in total. The predicted molar refractivity (Wildman–Crippen MR) is 104 cm³/mol. The molecule has 148 valence electrons. The number of Topliss-reactive ketones (excluding diaryl/α,β-unsaturated/α-hetero) is 1. The number of hydrogen-bond donors (Lipinski definition) is 4. The molecule has 0 bridgehead atoms. The van der Waals surface area contributed by atoms with E-state index in [1.165, 1.54) is 0 Å². The van der Waals surface area contributed by atoms with Crippen molar-refractivity contribution in [2.45, 2.75) is 30.5 Å². The highest BCUT2D eigenvalue weighted by atomic mass is 16.3. The number of para-hydroxylation sites is 2. The van der Waals surface area contributed by atoms with E-state index in [4.69, 9.17) is 0 Å². The van der Waals surface area contributed by atoms with E-state index in [9.17, 15) is 24.6 Å².